The molecule has 0 bridgehead atoms. The molecule has 2 aromatic carbocycles. The molecule has 4 rings (SSSR count). The van der Waals surface area contributed by atoms with Crippen LogP contribution in [0.4, 0.5) is 5.69 Å². The van der Waals surface area contributed by atoms with Gasteiger partial charge < -0.3 is 14.4 Å². The first-order chi connectivity index (χ1) is 13.8. The van der Waals surface area contributed by atoms with E-state index in [0.29, 0.717) is 33.2 Å². The maximum absolute atomic E-state index is 13.3. The lowest BCUT2D eigenvalue weighted by Crippen LogP contribution is -2.41. The van der Waals surface area contributed by atoms with Gasteiger partial charge in [0.25, 0.3) is 5.91 Å². The molecule has 0 saturated heterocycles. The maximum atomic E-state index is 13.3. The predicted molar refractivity (Wildman–Crippen MR) is 110 cm³/mol. The van der Waals surface area contributed by atoms with Gasteiger partial charge in [-0.2, -0.15) is 0 Å². The molecule has 1 aliphatic heterocycles. The van der Waals surface area contributed by atoms with E-state index in [4.69, 9.17) is 16.0 Å². The van der Waals surface area contributed by atoms with Gasteiger partial charge in [-0.1, -0.05) is 48.0 Å². The summed E-state index contributed by atoms with van der Waals surface area (Å²) in [4.78, 5) is 27.8. The number of anilines is 1. The monoisotopic (exact) mass is 409 g/mol. The summed E-state index contributed by atoms with van der Waals surface area (Å²) in [5.41, 5.74) is 0.911. The number of para-hydroxylation sites is 1. The van der Waals surface area contributed by atoms with Crippen molar-refractivity contribution in [2.45, 2.75) is 32.4 Å². The molecule has 0 aliphatic carbocycles. The molecule has 29 heavy (non-hydrogen) atoms. The fourth-order valence-electron chi connectivity index (χ4n) is 3.94. The van der Waals surface area contributed by atoms with E-state index in [9.17, 15) is 14.7 Å². The molecule has 1 aliphatic rings. The van der Waals surface area contributed by atoms with Crippen LogP contribution in [0, 0.1) is 13.8 Å². The number of aryl methyl sites for hydroxylation is 2. The Kier molecular flexibility index (Phi) is 4.81. The first kappa shape index (κ1) is 19.4. The van der Waals surface area contributed by atoms with E-state index >= 15 is 0 Å². The van der Waals surface area contributed by atoms with Crippen LogP contribution in [0.2, 0.25) is 5.02 Å². The third kappa shape index (κ3) is 3.16. The summed E-state index contributed by atoms with van der Waals surface area (Å²) in [6.45, 7) is 3.66. The maximum Gasteiger partial charge on any atom is 0.264 e. The highest BCUT2D eigenvalue weighted by Gasteiger charge is 2.51. The minimum absolute atomic E-state index is 0.204. The number of fused-ring (bicyclic) bond motifs is 1. The summed E-state index contributed by atoms with van der Waals surface area (Å²) < 4.78 is 5.31. The highest BCUT2D eigenvalue weighted by molar-refractivity contribution is 6.31. The Balaban J connectivity index is 1.72. The number of Topliss-reactive ketones (excluding diaryl/α,β-unsaturated/α-hetero) is 1. The lowest BCUT2D eigenvalue weighted by atomic mass is 9.87. The van der Waals surface area contributed by atoms with E-state index < -0.39 is 11.5 Å². The van der Waals surface area contributed by atoms with Crippen molar-refractivity contribution in [1.82, 2.24) is 0 Å². The Morgan fingerprint density at radius 1 is 1.14 bits per heavy atom. The standard InChI is InChI=1S/C23H20ClNO4/c1-14-13-29-15(2)21(14)20(26)11-23(28)17-8-4-6-10-19(17)25(22(23)27)12-16-7-3-5-9-18(16)24/h3-10,13,28H,11-12H2,1-2H3/t23-/m1/s1. The van der Waals surface area contributed by atoms with Crippen LogP contribution in [0.3, 0.4) is 0 Å². The lowest BCUT2D eigenvalue weighted by molar-refractivity contribution is -0.136. The first-order valence-corrected chi connectivity index (χ1v) is 9.66. The molecular formula is C23H20ClNO4. The van der Waals surface area contributed by atoms with Gasteiger partial charge in [0.15, 0.2) is 11.4 Å². The molecule has 3 aromatic rings. The molecule has 0 saturated carbocycles. The molecule has 148 valence electrons. The quantitative estimate of drug-likeness (QED) is 0.627. The third-order valence-corrected chi connectivity index (χ3v) is 5.75. The number of furan rings is 1. The van der Waals surface area contributed by atoms with Gasteiger partial charge in [-0.15, -0.1) is 0 Å². The summed E-state index contributed by atoms with van der Waals surface area (Å²) in [6.07, 6.45) is 1.14. The van der Waals surface area contributed by atoms with E-state index in [2.05, 4.69) is 0 Å². The number of nitrogens with zero attached hydrogens (tertiary/aromatic N) is 1. The fourth-order valence-corrected chi connectivity index (χ4v) is 4.14. The Morgan fingerprint density at radius 2 is 1.83 bits per heavy atom. The van der Waals surface area contributed by atoms with Gasteiger partial charge in [-0.25, -0.2) is 0 Å². The van der Waals surface area contributed by atoms with E-state index in [1.807, 2.05) is 18.2 Å². The van der Waals surface area contributed by atoms with Crippen molar-refractivity contribution in [2.75, 3.05) is 4.90 Å². The van der Waals surface area contributed by atoms with Crippen LogP contribution in [-0.2, 0) is 16.9 Å². The van der Waals surface area contributed by atoms with E-state index in [-0.39, 0.29) is 18.7 Å². The highest BCUT2D eigenvalue weighted by atomic mass is 35.5. The summed E-state index contributed by atoms with van der Waals surface area (Å²) in [6, 6.07) is 14.2. The number of aliphatic hydroxyl groups is 1. The predicted octanol–water partition coefficient (Wildman–Crippen LogP) is 4.56. The Bertz CT molecular complexity index is 1100. The molecule has 6 heteroatoms. The van der Waals surface area contributed by atoms with E-state index in [1.165, 1.54) is 11.2 Å². The van der Waals surface area contributed by atoms with Crippen molar-refractivity contribution < 1.29 is 19.1 Å². The second-order valence-electron chi connectivity index (χ2n) is 7.31. The van der Waals surface area contributed by atoms with Crippen molar-refractivity contribution in [3.05, 3.63) is 87.8 Å². The first-order valence-electron chi connectivity index (χ1n) is 9.28. The molecule has 1 aromatic heterocycles. The molecular weight excluding hydrogens is 390 g/mol. The number of benzene rings is 2. The van der Waals surface area contributed by atoms with Gasteiger partial charge in [-0.3, -0.25) is 9.59 Å². The summed E-state index contributed by atoms with van der Waals surface area (Å²) in [7, 11) is 0. The van der Waals surface area contributed by atoms with Crippen molar-refractivity contribution in [1.29, 1.82) is 0 Å². The Hall–Kier alpha value is -2.89. The number of hydrogen-bond donors (Lipinski definition) is 1. The van der Waals surface area contributed by atoms with Gasteiger partial charge in [0.2, 0.25) is 0 Å². The van der Waals surface area contributed by atoms with E-state index in [1.54, 1.807) is 44.2 Å². The largest absolute Gasteiger partial charge is 0.469 e. The van der Waals surface area contributed by atoms with Crippen LogP contribution in [0.15, 0.2) is 59.2 Å². The van der Waals surface area contributed by atoms with Gasteiger partial charge in [0, 0.05) is 10.6 Å². The highest BCUT2D eigenvalue weighted by Crippen LogP contribution is 2.44. The molecule has 1 atom stereocenters. The Morgan fingerprint density at radius 3 is 2.52 bits per heavy atom. The zero-order valence-electron chi connectivity index (χ0n) is 16.1. The molecule has 2 heterocycles. The van der Waals surface area contributed by atoms with Gasteiger partial charge in [0.05, 0.1) is 30.5 Å². The number of ketones is 1. The average Bonchev–Trinajstić information content (AvgIpc) is 3.13. The number of carbonyl (C=O) groups excluding carboxylic acids is 2. The molecule has 0 unspecified atom stereocenters. The lowest BCUT2D eigenvalue weighted by Gasteiger charge is -2.23. The number of amides is 1. The molecule has 0 radical (unpaired) electrons. The zero-order chi connectivity index (χ0) is 20.8. The van der Waals surface area contributed by atoms with Crippen LogP contribution in [-0.4, -0.2) is 16.8 Å². The van der Waals surface area contributed by atoms with Crippen LogP contribution in [0.1, 0.15) is 39.2 Å². The minimum Gasteiger partial charge on any atom is -0.469 e. The second-order valence-corrected chi connectivity index (χ2v) is 7.72. The normalized spacial score (nSPS) is 18.2. The second kappa shape index (κ2) is 7.17. The topological polar surface area (TPSA) is 70.7 Å². The molecule has 1 N–H and O–H groups in total. The minimum atomic E-state index is -1.94. The van der Waals surface area contributed by atoms with Crippen molar-refractivity contribution in [3.63, 3.8) is 0 Å². The molecule has 0 fully saturated rings. The number of carbonyl (C=O) groups is 2. The van der Waals surface area contributed by atoms with Gasteiger partial charge in [-0.05, 0) is 37.1 Å². The molecule has 0 spiro atoms. The average molecular weight is 410 g/mol. The third-order valence-electron chi connectivity index (χ3n) is 5.38. The number of halogens is 1. The number of rotatable bonds is 5. The smallest absolute Gasteiger partial charge is 0.264 e. The van der Waals surface area contributed by atoms with Crippen molar-refractivity contribution in [3.8, 4) is 0 Å². The summed E-state index contributed by atoms with van der Waals surface area (Å²) in [5.74, 6) is -0.396. The summed E-state index contributed by atoms with van der Waals surface area (Å²) >= 11 is 6.27. The van der Waals surface area contributed by atoms with Gasteiger partial charge >= 0.3 is 0 Å². The summed E-state index contributed by atoms with van der Waals surface area (Å²) in [5, 5.41) is 11.9. The van der Waals surface area contributed by atoms with Gasteiger partial charge in [0.1, 0.15) is 5.76 Å². The zero-order valence-corrected chi connectivity index (χ0v) is 16.9. The molecule has 5 nitrogen and oxygen atoms in total. The Labute approximate surface area is 173 Å². The SMILES string of the molecule is Cc1coc(C)c1C(=O)C[C@]1(O)C(=O)N(Cc2ccccc2Cl)c2ccccc21. The van der Waals surface area contributed by atoms with Crippen LogP contribution in [0.25, 0.3) is 0 Å². The van der Waals surface area contributed by atoms with Crippen molar-refractivity contribution in [2.24, 2.45) is 0 Å². The van der Waals surface area contributed by atoms with Crippen LogP contribution >= 0.6 is 11.6 Å². The van der Waals surface area contributed by atoms with Crippen LogP contribution in [0.5, 0.6) is 0 Å². The molecule has 1 amide bonds. The number of hydrogen-bond acceptors (Lipinski definition) is 4. The van der Waals surface area contributed by atoms with Crippen molar-refractivity contribution >= 4 is 29.0 Å². The van der Waals surface area contributed by atoms with Crippen LogP contribution < -0.4 is 4.90 Å². The van der Waals surface area contributed by atoms with E-state index in [0.717, 1.165) is 5.56 Å². The fraction of sp³-hybridized carbons (Fsp3) is 0.217.